The average Bonchev–Trinajstić information content (AvgIpc) is 2.85. The van der Waals surface area contributed by atoms with Crippen molar-refractivity contribution in [3.8, 4) is 22.8 Å². The van der Waals surface area contributed by atoms with Gasteiger partial charge in [0.05, 0.1) is 18.9 Å². The lowest BCUT2D eigenvalue weighted by molar-refractivity contribution is 0.297. The maximum Gasteiger partial charge on any atom is 0.161 e. The number of pyridine rings is 1. The van der Waals surface area contributed by atoms with Crippen molar-refractivity contribution in [3.63, 3.8) is 0 Å². The van der Waals surface area contributed by atoms with Crippen LogP contribution in [0.15, 0.2) is 36.5 Å². The summed E-state index contributed by atoms with van der Waals surface area (Å²) in [6.45, 7) is 6.09. The number of nitrogens with zero attached hydrogens (tertiary/aromatic N) is 3. The van der Waals surface area contributed by atoms with E-state index in [1.807, 2.05) is 43.0 Å². The second-order valence-electron chi connectivity index (χ2n) is 6.91. The molecule has 1 aliphatic rings. The Morgan fingerprint density at radius 2 is 1.89 bits per heavy atom. The molecule has 140 valence electrons. The minimum Gasteiger partial charge on any atom is -0.490 e. The van der Waals surface area contributed by atoms with E-state index >= 15 is 0 Å². The van der Waals surface area contributed by atoms with Crippen LogP contribution in [0.25, 0.3) is 11.3 Å². The molecule has 1 N–H and O–H groups in total. The molecule has 0 spiro atoms. The molecule has 0 fully saturated rings. The Kier molecular flexibility index (Phi) is 4.71. The molecule has 1 aromatic carbocycles. The quantitative estimate of drug-likeness (QED) is 0.761. The van der Waals surface area contributed by atoms with E-state index < -0.39 is 0 Å². The Hall–Kier alpha value is -3.02. The molecule has 0 saturated heterocycles. The summed E-state index contributed by atoms with van der Waals surface area (Å²) in [7, 11) is 1.94. The van der Waals surface area contributed by atoms with E-state index in [2.05, 4.69) is 34.5 Å². The van der Waals surface area contributed by atoms with Crippen LogP contribution in [0.2, 0.25) is 0 Å². The molecule has 4 rings (SSSR count). The zero-order valence-electron chi connectivity index (χ0n) is 16.0. The van der Waals surface area contributed by atoms with Crippen molar-refractivity contribution >= 4 is 5.82 Å². The first-order valence-electron chi connectivity index (χ1n) is 9.20. The van der Waals surface area contributed by atoms with Gasteiger partial charge in [0.25, 0.3) is 0 Å². The van der Waals surface area contributed by atoms with Gasteiger partial charge in [-0.1, -0.05) is 0 Å². The van der Waals surface area contributed by atoms with Crippen LogP contribution in [-0.4, -0.2) is 28.0 Å². The summed E-state index contributed by atoms with van der Waals surface area (Å²) in [5.41, 5.74) is 5.26. The van der Waals surface area contributed by atoms with Crippen molar-refractivity contribution in [3.05, 3.63) is 53.3 Å². The van der Waals surface area contributed by atoms with E-state index in [0.29, 0.717) is 19.8 Å². The standard InChI is InChI=1S/C21H24N4O2/c1-14-9-15(2)23-20(10-14)22-12-17-13-25(3)24-21(17)16-5-6-18-19(11-16)27-8-4-7-26-18/h5-6,9-11,13H,4,7-8,12H2,1-3H3,(H,22,23). The van der Waals surface area contributed by atoms with Crippen LogP contribution in [0.1, 0.15) is 23.2 Å². The summed E-state index contributed by atoms with van der Waals surface area (Å²) in [5, 5.41) is 8.08. The van der Waals surface area contributed by atoms with Gasteiger partial charge in [-0.15, -0.1) is 0 Å². The van der Waals surface area contributed by atoms with Gasteiger partial charge in [-0.05, 0) is 49.7 Å². The lowest BCUT2D eigenvalue weighted by Gasteiger charge is -2.10. The maximum atomic E-state index is 5.83. The first-order valence-corrected chi connectivity index (χ1v) is 9.20. The number of anilines is 1. The predicted molar refractivity (Wildman–Crippen MR) is 105 cm³/mol. The zero-order valence-corrected chi connectivity index (χ0v) is 16.0. The molecule has 6 nitrogen and oxygen atoms in total. The highest BCUT2D eigenvalue weighted by atomic mass is 16.5. The fourth-order valence-corrected chi connectivity index (χ4v) is 3.34. The maximum absolute atomic E-state index is 5.83. The number of nitrogens with one attached hydrogen (secondary N) is 1. The Balaban J connectivity index is 1.60. The molecular weight excluding hydrogens is 340 g/mol. The monoisotopic (exact) mass is 364 g/mol. The summed E-state index contributed by atoms with van der Waals surface area (Å²) >= 11 is 0. The van der Waals surface area contributed by atoms with Gasteiger partial charge in [0, 0.05) is 43.0 Å². The minimum absolute atomic E-state index is 0.646. The second-order valence-corrected chi connectivity index (χ2v) is 6.91. The topological polar surface area (TPSA) is 61.2 Å². The van der Waals surface area contributed by atoms with E-state index in [1.54, 1.807) is 0 Å². The SMILES string of the molecule is Cc1cc(C)nc(NCc2cn(C)nc2-c2ccc3c(c2)OCCCO3)c1. The molecule has 3 aromatic rings. The summed E-state index contributed by atoms with van der Waals surface area (Å²) in [4.78, 5) is 4.55. The van der Waals surface area contributed by atoms with Crippen LogP contribution in [-0.2, 0) is 13.6 Å². The number of hydrogen-bond acceptors (Lipinski definition) is 5. The molecule has 0 radical (unpaired) electrons. The molecule has 0 unspecified atom stereocenters. The Labute approximate surface area is 159 Å². The van der Waals surface area contributed by atoms with Gasteiger partial charge in [0.15, 0.2) is 11.5 Å². The molecular formula is C21H24N4O2. The molecule has 3 heterocycles. The Morgan fingerprint density at radius 1 is 1.07 bits per heavy atom. The van der Waals surface area contributed by atoms with E-state index in [4.69, 9.17) is 9.47 Å². The number of fused-ring (bicyclic) bond motifs is 1. The fraction of sp³-hybridized carbons (Fsp3) is 0.333. The van der Waals surface area contributed by atoms with Gasteiger partial charge in [0.2, 0.25) is 0 Å². The summed E-state index contributed by atoms with van der Waals surface area (Å²) in [5.74, 6) is 2.46. The molecule has 0 aliphatic carbocycles. The zero-order chi connectivity index (χ0) is 18.8. The third-order valence-electron chi connectivity index (χ3n) is 4.48. The smallest absolute Gasteiger partial charge is 0.161 e. The first-order chi connectivity index (χ1) is 13.1. The number of hydrogen-bond donors (Lipinski definition) is 1. The highest BCUT2D eigenvalue weighted by Gasteiger charge is 2.15. The third kappa shape index (κ3) is 3.89. The molecule has 27 heavy (non-hydrogen) atoms. The van der Waals surface area contributed by atoms with Crippen molar-refractivity contribution in [1.82, 2.24) is 14.8 Å². The summed E-state index contributed by atoms with van der Waals surface area (Å²) < 4.78 is 13.4. The van der Waals surface area contributed by atoms with Crippen LogP contribution in [0, 0.1) is 13.8 Å². The van der Waals surface area contributed by atoms with Crippen molar-refractivity contribution in [2.45, 2.75) is 26.8 Å². The molecule has 2 aromatic heterocycles. The van der Waals surface area contributed by atoms with Crippen molar-refractivity contribution in [2.75, 3.05) is 18.5 Å². The van der Waals surface area contributed by atoms with Crippen LogP contribution < -0.4 is 14.8 Å². The molecule has 0 amide bonds. The van der Waals surface area contributed by atoms with E-state index in [1.165, 1.54) is 5.56 Å². The summed E-state index contributed by atoms with van der Waals surface area (Å²) in [6, 6.07) is 10.1. The van der Waals surface area contributed by atoms with Gasteiger partial charge in [-0.3, -0.25) is 4.68 Å². The average molecular weight is 364 g/mol. The molecule has 0 atom stereocenters. The lowest BCUT2D eigenvalue weighted by Crippen LogP contribution is -2.03. The van der Waals surface area contributed by atoms with Gasteiger partial charge in [-0.25, -0.2) is 4.98 Å². The molecule has 1 aliphatic heterocycles. The van der Waals surface area contributed by atoms with E-state index in [9.17, 15) is 0 Å². The van der Waals surface area contributed by atoms with Gasteiger partial charge >= 0.3 is 0 Å². The number of rotatable bonds is 4. The third-order valence-corrected chi connectivity index (χ3v) is 4.48. The van der Waals surface area contributed by atoms with Crippen LogP contribution in [0.5, 0.6) is 11.5 Å². The number of aryl methyl sites for hydroxylation is 3. The number of benzene rings is 1. The Morgan fingerprint density at radius 3 is 2.70 bits per heavy atom. The van der Waals surface area contributed by atoms with Crippen LogP contribution in [0.4, 0.5) is 5.82 Å². The highest BCUT2D eigenvalue weighted by Crippen LogP contribution is 2.34. The van der Waals surface area contributed by atoms with E-state index in [0.717, 1.165) is 46.3 Å². The van der Waals surface area contributed by atoms with Gasteiger partial charge in [-0.2, -0.15) is 5.10 Å². The van der Waals surface area contributed by atoms with E-state index in [-0.39, 0.29) is 0 Å². The molecule has 0 saturated carbocycles. The lowest BCUT2D eigenvalue weighted by atomic mass is 10.1. The second kappa shape index (κ2) is 7.31. The molecule has 0 bridgehead atoms. The largest absolute Gasteiger partial charge is 0.490 e. The number of aromatic nitrogens is 3. The molecule has 6 heteroatoms. The Bertz CT molecular complexity index is 945. The highest BCUT2D eigenvalue weighted by molar-refractivity contribution is 5.67. The number of ether oxygens (including phenoxy) is 2. The minimum atomic E-state index is 0.646. The van der Waals surface area contributed by atoms with Crippen molar-refractivity contribution in [1.29, 1.82) is 0 Å². The first kappa shape index (κ1) is 17.4. The van der Waals surface area contributed by atoms with Crippen LogP contribution >= 0.6 is 0 Å². The fourth-order valence-electron chi connectivity index (χ4n) is 3.34. The summed E-state index contributed by atoms with van der Waals surface area (Å²) in [6.07, 6.45) is 2.93. The van der Waals surface area contributed by atoms with Crippen molar-refractivity contribution < 1.29 is 9.47 Å². The van der Waals surface area contributed by atoms with Gasteiger partial charge in [0.1, 0.15) is 5.82 Å². The van der Waals surface area contributed by atoms with Crippen molar-refractivity contribution in [2.24, 2.45) is 7.05 Å². The van der Waals surface area contributed by atoms with Gasteiger partial charge < -0.3 is 14.8 Å². The normalized spacial score (nSPS) is 13.3. The van der Waals surface area contributed by atoms with Crippen LogP contribution in [0.3, 0.4) is 0 Å². The predicted octanol–water partition coefficient (Wildman–Crippen LogP) is 3.87.